The zero-order valence-electron chi connectivity index (χ0n) is 10.5. The van der Waals surface area contributed by atoms with Crippen LogP contribution < -0.4 is 5.73 Å². The summed E-state index contributed by atoms with van der Waals surface area (Å²) in [5, 5.41) is 16.8. The lowest BCUT2D eigenvalue weighted by atomic mass is 9.93. The number of amides is 1. The molecule has 0 saturated carbocycles. The summed E-state index contributed by atoms with van der Waals surface area (Å²) in [6.45, 7) is 0. The number of carboxylic acid groups (broad SMARTS) is 1. The molecule has 3 N–H and O–H groups in total. The fourth-order valence-corrected chi connectivity index (χ4v) is 2.16. The third kappa shape index (κ3) is 3.29. The predicted molar refractivity (Wildman–Crippen MR) is 76.5 cm³/mol. The lowest BCUT2D eigenvalue weighted by molar-refractivity contribution is -0.118. The Kier molecular flexibility index (Phi) is 4.40. The molecule has 108 valence electrons. The molecule has 1 unspecified atom stereocenters. The molecule has 0 aliphatic rings. The molecule has 1 aromatic carbocycles. The Bertz CT molecular complexity index is 704. The van der Waals surface area contributed by atoms with Crippen molar-refractivity contribution in [2.75, 3.05) is 0 Å². The minimum Gasteiger partial charge on any atom is -0.478 e. The van der Waals surface area contributed by atoms with E-state index in [4.69, 9.17) is 34.0 Å². The van der Waals surface area contributed by atoms with Crippen LogP contribution >= 0.6 is 23.2 Å². The predicted octanol–water partition coefficient (Wildman–Crippen LogP) is 2.10. The number of hydrogen-bond acceptors (Lipinski definition) is 4. The van der Waals surface area contributed by atoms with E-state index in [-0.39, 0.29) is 27.0 Å². The number of rotatable bonds is 4. The summed E-state index contributed by atoms with van der Waals surface area (Å²) >= 11 is 11.7. The summed E-state index contributed by atoms with van der Waals surface area (Å²) in [4.78, 5) is 22.8. The van der Waals surface area contributed by atoms with Gasteiger partial charge in [-0.15, -0.1) is 5.10 Å². The highest BCUT2D eigenvalue weighted by Crippen LogP contribution is 2.30. The number of carboxylic acids is 1. The number of carbonyl (C=O) groups excluding carboxylic acids is 1. The normalized spacial score (nSPS) is 11.9. The first-order valence-corrected chi connectivity index (χ1v) is 6.47. The number of hydrogen-bond donors (Lipinski definition) is 2. The summed E-state index contributed by atoms with van der Waals surface area (Å²) < 4.78 is 0. The number of primary amides is 1. The Morgan fingerprint density at radius 2 is 1.86 bits per heavy atom. The maximum atomic E-state index is 11.7. The second kappa shape index (κ2) is 6.07. The van der Waals surface area contributed by atoms with Crippen molar-refractivity contribution in [1.29, 1.82) is 0 Å². The van der Waals surface area contributed by atoms with Gasteiger partial charge in [0.2, 0.25) is 5.91 Å². The van der Waals surface area contributed by atoms with Crippen LogP contribution in [0.3, 0.4) is 0 Å². The molecule has 1 atom stereocenters. The molecule has 2 aromatic rings. The fraction of sp³-hybridized carbons (Fsp3) is 0.0769. The van der Waals surface area contributed by atoms with Gasteiger partial charge in [-0.3, -0.25) is 4.79 Å². The van der Waals surface area contributed by atoms with E-state index in [1.165, 1.54) is 30.3 Å². The molecule has 2 rings (SSSR count). The van der Waals surface area contributed by atoms with E-state index in [1.807, 2.05) is 0 Å². The minimum absolute atomic E-state index is 0.0115. The van der Waals surface area contributed by atoms with E-state index < -0.39 is 17.8 Å². The molecule has 21 heavy (non-hydrogen) atoms. The first-order chi connectivity index (χ1) is 9.90. The van der Waals surface area contributed by atoms with Crippen molar-refractivity contribution in [1.82, 2.24) is 10.2 Å². The van der Waals surface area contributed by atoms with Gasteiger partial charge in [0.05, 0.1) is 11.3 Å². The van der Waals surface area contributed by atoms with Gasteiger partial charge in [0.25, 0.3) is 0 Å². The van der Waals surface area contributed by atoms with Crippen molar-refractivity contribution in [2.45, 2.75) is 5.92 Å². The van der Waals surface area contributed by atoms with Crippen LogP contribution in [0.2, 0.25) is 10.2 Å². The molecule has 1 amide bonds. The van der Waals surface area contributed by atoms with Crippen molar-refractivity contribution in [3.05, 3.63) is 57.3 Å². The Labute approximate surface area is 129 Å². The van der Waals surface area contributed by atoms with Crippen molar-refractivity contribution >= 4 is 35.1 Å². The number of benzene rings is 1. The molecule has 0 bridgehead atoms. The SMILES string of the molecule is NC(=O)C(c1ccc(Cl)nn1)c1cc(C(=O)O)ccc1Cl. The first-order valence-electron chi connectivity index (χ1n) is 5.71. The van der Waals surface area contributed by atoms with Gasteiger partial charge in [0.1, 0.15) is 5.92 Å². The van der Waals surface area contributed by atoms with E-state index in [0.29, 0.717) is 0 Å². The van der Waals surface area contributed by atoms with Gasteiger partial charge < -0.3 is 10.8 Å². The molecule has 0 aliphatic carbocycles. The van der Waals surface area contributed by atoms with Crippen LogP contribution in [0.1, 0.15) is 27.5 Å². The highest BCUT2D eigenvalue weighted by molar-refractivity contribution is 6.32. The monoisotopic (exact) mass is 325 g/mol. The second-order valence-corrected chi connectivity index (χ2v) is 4.95. The largest absolute Gasteiger partial charge is 0.478 e. The quantitative estimate of drug-likeness (QED) is 0.895. The average molecular weight is 326 g/mol. The Morgan fingerprint density at radius 1 is 1.14 bits per heavy atom. The zero-order valence-corrected chi connectivity index (χ0v) is 12.0. The second-order valence-electron chi connectivity index (χ2n) is 4.16. The fourth-order valence-electron chi connectivity index (χ4n) is 1.84. The van der Waals surface area contributed by atoms with E-state index in [1.54, 1.807) is 0 Å². The molecular formula is C13H9Cl2N3O3. The number of halogens is 2. The van der Waals surface area contributed by atoms with Crippen molar-refractivity contribution < 1.29 is 14.7 Å². The lowest BCUT2D eigenvalue weighted by Crippen LogP contribution is -2.24. The van der Waals surface area contributed by atoms with Crippen LogP contribution in [0.15, 0.2) is 30.3 Å². The van der Waals surface area contributed by atoms with Gasteiger partial charge in [0.15, 0.2) is 5.15 Å². The van der Waals surface area contributed by atoms with Gasteiger partial charge in [0, 0.05) is 5.02 Å². The molecule has 1 aromatic heterocycles. The van der Waals surface area contributed by atoms with E-state index in [2.05, 4.69) is 10.2 Å². The van der Waals surface area contributed by atoms with Crippen molar-refractivity contribution in [3.63, 3.8) is 0 Å². The summed E-state index contributed by atoms with van der Waals surface area (Å²) in [5.41, 5.74) is 5.86. The molecule has 6 nitrogen and oxygen atoms in total. The van der Waals surface area contributed by atoms with Crippen LogP contribution in [-0.4, -0.2) is 27.2 Å². The first kappa shape index (κ1) is 15.2. The molecule has 0 saturated heterocycles. The summed E-state index contributed by atoms with van der Waals surface area (Å²) in [6, 6.07) is 6.94. The molecule has 0 radical (unpaired) electrons. The number of carbonyl (C=O) groups is 2. The van der Waals surface area contributed by atoms with E-state index >= 15 is 0 Å². The molecular weight excluding hydrogens is 317 g/mol. The molecule has 0 aliphatic heterocycles. The van der Waals surface area contributed by atoms with Crippen molar-refractivity contribution in [3.8, 4) is 0 Å². The van der Waals surface area contributed by atoms with E-state index in [9.17, 15) is 9.59 Å². The minimum atomic E-state index is -1.14. The number of aromatic nitrogens is 2. The Balaban J connectivity index is 2.57. The maximum absolute atomic E-state index is 11.7. The lowest BCUT2D eigenvalue weighted by Gasteiger charge is -2.15. The van der Waals surface area contributed by atoms with Gasteiger partial charge in [-0.25, -0.2) is 4.79 Å². The van der Waals surface area contributed by atoms with Gasteiger partial charge in [-0.05, 0) is 35.9 Å². The summed E-state index contributed by atoms with van der Waals surface area (Å²) in [7, 11) is 0. The zero-order chi connectivity index (χ0) is 15.6. The summed E-state index contributed by atoms with van der Waals surface area (Å²) in [5.74, 6) is -2.88. The standard InChI is InChI=1S/C13H9Cl2N3O3/c14-8-2-1-6(13(20)21)5-7(8)11(12(16)19)9-3-4-10(15)18-17-9/h1-5,11H,(H2,16,19)(H,20,21). The van der Waals surface area contributed by atoms with Gasteiger partial charge in [-0.1, -0.05) is 23.2 Å². The van der Waals surface area contributed by atoms with E-state index in [0.717, 1.165) is 0 Å². The highest BCUT2D eigenvalue weighted by Gasteiger charge is 2.25. The van der Waals surface area contributed by atoms with Crippen LogP contribution in [-0.2, 0) is 4.79 Å². The molecule has 8 heteroatoms. The topological polar surface area (TPSA) is 106 Å². The average Bonchev–Trinajstić information content (AvgIpc) is 2.42. The van der Waals surface area contributed by atoms with Crippen molar-refractivity contribution in [2.24, 2.45) is 5.73 Å². The number of nitrogens with two attached hydrogens (primary N) is 1. The molecule has 1 heterocycles. The Morgan fingerprint density at radius 3 is 2.38 bits per heavy atom. The van der Waals surface area contributed by atoms with Crippen LogP contribution in [0.4, 0.5) is 0 Å². The molecule has 0 spiro atoms. The maximum Gasteiger partial charge on any atom is 0.335 e. The van der Waals surface area contributed by atoms with Crippen LogP contribution in [0, 0.1) is 0 Å². The van der Waals surface area contributed by atoms with Crippen LogP contribution in [0.25, 0.3) is 0 Å². The van der Waals surface area contributed by atoms with Gasteiger partial charge in [-0.2, -0.15) is 5.10 Å². The van der Waals surface area contributed by atoms with Gasteiger partial charge >= 0.3 is 5.97 Å². The van der Waals surface area contributed by atoms with Crippen LogP contribution in [0.5, 0.6) is 0 Å². The highest BCUT2D eigenvalue weighted by atomic mass is 35.5. The Hall–Kier alpha value is -2.18. The smallest absolute Gasteiger partial charge is 0.335 e. The summed E-state index contributed by atoms with van der Waals surface area (Å²) in [6.07, 6.45) is 0. The number of aromatic carboxylic acids is 1. The number of nitrogens with zero attached hydrogens (tertiary/aromatic N) is 2. The third-order valence-corrected chi connectivity index (χ3v) is 3.33. The molecule has 0 fully saturated rings. The third-order valence-electron chi connectivity index (χ3n) is 2.79.